The lowest BCUT2D eigenvalue weighted by molar-refractivity contribution is 0.0657. The molecule has 1 aliphatic heterocycles. The van der Waals surface area contributed by atoms with Crippen LogP contribution in [0.3, 0.4) is 0 Å². The Morgan fingerprint density at radius 2 is 2.24 bits per heavy atom. The van der Waals surface area contributed by atoms with Crippen LogP contribution in [0.5, 0.6) is 0 Å². The normalized spacial score (nSPS) is 19.4. The maximum atomic E-state index is 5.36. The van der Waals surface area contributed by atoms with Crippen molar-refractivity contribution in [3.05, 3.63) is 11.9 Å². The molecule has 5 heteroatoms. The zero-order chi connectivity index (χ0) is 12.1. The number of hydrogen-bond acceptors (Lipinski definition) is 4. The van der Waals surface area contributed by atoms with E-state index in [4.69, 9.17) is 4.74 Å². The minimum Gasteiger partial charge on any atom is -0.381 e. The first-order valence-corrected chi connectivity index (χ1v) is 6.58. The summed E-state index contributed by atoms with van der Waals surface area (Å²) in [5, 5.41) is 12.0. The van der Waals surface area contributed by atoms with Crippen molar-refractivity contribution in [1.29, 1.82) is 0 Å². The van der Waals surface area contributed by atoms with Crippen molar-refractivity contribution in [2.24, 2.45) is 0 Å². The topological polar surface area (TPSA) is 52.0 Å². The summed E-state index contributed by atoms with van der Waals surface area (Å²) >= 11 is 0. The summed E-state index contributed by atoms with van der Waals surface area (Å²) in [6, 6.07) is 0.790. The molecule has 1 unspecified atom stereocenters. The summed E-state index contributed by atoms with van der Waals surface area (Å²) in [4.78, 5) is 0. The molecule has 1 saturated heterocycles. The maximum Gasteiger partial charge on any atom is 0.0996 e. The van der Waals surface area contributed by atoms with Crippen LogP contribution >= 0.6 is 0 Å². The van der Waals surface area contributed by atoms with Crippen molar-refractivity contribution < 1.29 is 4.74 Å². The van der Waals surface area contributed by atoms with Gasteiger partial charge < -0.3 is 10.1 Å². The van der Waals surface area contributed by atoms with E-state index in [0.717, 1.165) is 44.7 Å². The first-order chi connectivity index (χ1) is 8.35. The highest BCUT2D eigenvalue weighted by Gasteiger charge is 2.19. The number of nitrogens with zero attached hydrogens (tertiary/aromatic N) is 3. The highest BCUT2D eigenvalue weighted by atomic mass is 16.5. The Balaban J connectivity index is 2.03. The molecule has 1 atom stereocenters. The van der Waals surface area contributed by atoms with Gasteiger partial charge in [0.1, 0.15) is 0 Å². The van der Waals surface area contributed by atoms with Crippen molar-refractivity contribution >= 4 is 0 Å². The van der Waals surface area contributed by atoms with E-state index in [1.54, 1.807) is 0 Å². The average Bonchev–Trinajstić information content (AvgIpc) is 2.86. The summed E-state index contributed by atoms with van der Waals surface area (Å²) in [6.07, 6.45) is 5.22. The second-order valence-electron chi connectivity index (χ2n) is 4.49. The Labute approximate surface area is 103 Å². The van der Waals surface area contributed by atoms with Gasteiger partial charge in [0.2, 0.25) is 0 Å². The van der Waals surface area contributed by atoms with Crippen LogP contribution in [0.25, 0.3) is 0 Å². The number of rotatable bonds is 5. The molecule has 1 aliphatic rings. The standard InChI is InChI=1S/C12H22N4O/c1-3-11(13-4-2)12-9-16(15-14-12)10-5-7-17-8-6-10/h9-11,13H,3-8H2,1-2H3. The van der Waals surface area contributed by atoms with Crippen LogP contribution in [-0.2, 0) is 4.74 Å². The fourth-order valence-corrected chi connectivity index (χ4v) is 2.28. The summed E-state index contributed by atoms with van der Waals surface area (Å²) in [6.45, 7) is 6.92. The van der Waals surface area contributed by atoms with E-state index in [1.807, 2.05) is 4.68 Å². The zero-order valence-electron chi connectivity index (χ0n) is 10.7. The third-order valence-electron chi connectivity index (χ3n) is 3.31. The molecular formula is C12H22N4O. The van der Waals surface area contributed by atoms with Crippen LogP contribution in [0.4, 0.5) is 0 Å². The van der Waals surface area contributed by atoms with Crippen molar-refractivity contribution in [1.82, 2.24) is 20.3 Å². The summed E-state index contributed by atoms with van der Waals surface area (Å²) in [5.74, 6) is 0. The largest absolute Gasteiger partial charge is 0.381 e. The van der Waals surface area contributed by atoms with Gasteiger partial charge in [0.15, 0.2) is 0 Å². The maximum absolute atomic E-state index is 5.36. The first kappa shape index (κ1) is 12.5. The van der Waals surface area contributed by atoms with Crippen LogP contribution in [0.15, 0.2) is 6.20 Å². The molecule has 0 spiro atoms. The Morgan fingerprint density at radius 1 is 1.47 bits per heavy atom. The Bertz CT molecular complexity index is 314. The van der Waals surface area contributed by atoms with Crippen molar-refractivity contribution in [3.8, 4) is 0 Å². The summed E-state index contributed by atoms with van der Waals surface area (Å²) < 4.78 is 7.37. The van der Waals surface area contributed by atoms with Crippen LogP contribution in [0.1, 0.15) is 50.9 Å². The molecule has 2 rings (SSSR count). The van der Waals surface area contributed by atoms with Crippen LogP contribution in [0, 0.1) is 0 Å². The molecule has 1 N–H and O–H groups in total. The first-order valence-electron chi connectivity index (χ1n) is 6.58. The molecule has 0 aliphatic carbocycles. The molecule has 0 bridgehead atoms. The third kappa shape index (κ3) is 3.04. The van der Waals surface area contributed by atoms with E-state index < -0.39 is 0 Å². The van der Waals surface area contributed by atoms with Gasteiger partial charge in [-0.3, -0.25) is 0 Å². The number of nitrogens with one attached hydrogen (secondary N) is 1. The SMILES string of the molecule is CCNC(CC)c1cn(C2CCOCC2)nn1. The Morgan fingerprint density at radius 3 is 2.88 bits per heavy atom. The predicted molar refractivity (Wildman–Crippen MR) is 65.8 cm³/mol. The van der Waals surface area contributed by atoms with Crippen LogP contribution in [-0.4, -0.2) is 34.8 Å². The quantitative estimate of drug-likeness (QED) is 0.848. The Hall–Kier alpha value is -0.940. The molecule has 17 heavy (non-hydrogen) atoms. The second-order valence-corrected chi connectivity index (χ2v) is 4.49. The highest BCUT2D eigenvalue weighted by Crippen LogP contribution is 2.21. The second kappa shape index (κ2) is 6.12. The average molecular weight is 238 g/mol. The molecule has 1 aromatic rings. The molecule has 96 valence electrons. The highest BCUT2D eigenvalue weighted by molar-refractivity contribution is 5.01. The Kier molecular flexibility index (Phi) is 4.50. The van der Waals surface area contributed by atoms with Gasteiger partial charge in [-0.15, -0.1) is 5.10 Å². The van der Waals surface area contributed by atoms with Gasteiger partial charge in [-0.25, -0.2) is 4.68 Å². The molecule has 5 nitrogen and oxygen atoms in total. The van der Waals surface area contributed by atoms with E-state index in [2.05, 4.69) is 35.7 Å². The number of hydrogen-bond donors (Lipinski definition) is 1. The summed E-state index contributed by atoms with van der Waals surface area (Å²) in [5.41, 5.74) is 1.06. The lowest BCUT2D eigenvalue weighted by Gasteiger charge is -2.21. The van der Waals surface area contributed by atoms with Gasteiger partial charge in [-0.1, -0.05) is 19.1 Å². The minimum atomic E-state index is 0.327. The third-order valence-corrected chi connectivity index (χ3v) is 3.31. The van der Waals surface area contributed by atoms with E-state index in [1.165, 1.54) is 0 Å². The van der Waals surface area contributed by atoms with Gasteiger partial charge in [0, 0.05) is 13.2 Å². The predicted octanol–water partition coefficient (Wildman–Crippen LogP) is 1.69. The molecular weight excluding hydrogens is 216 g/mol. The van der Waals surface area contributed by atoms with Crippen molar-refractivity contribution in [2.75, 3.05) is 19.8 Å². The van der Waals surface area contributed by atoms with Gasteiger partial charge in [0.25, 0.3) is 0 Å². The number of ether oxygens (including phenoxy) is 1. The summed E-state index contributed by atoms with van der Waals surface area (Å²) in [7, 11) is 0. The van der Waals surface area contributed by atoms with E-state index in [0.29, 0.717) is 12.1 Å². The molecule has 0 aromatic carbocycles. The van der Waals surface area contributed by atoms with Gasteiger partial charge in [-0.2, -0.15) is 0 Å². The zero-order valence-corrected chi connectivity index (χ0v) is 10.7. The van der Waals surface area contributed by atoms with E-state index in [-0.39, 0.29) is 0 Å². The van der Waals surface area contributed by atoms with Crippen molar-refractivity contribution in [2.45, 2.75) is 45.2 Å². The van der Waals surface area contributed by atoms with Crippen LogP contribution in [0.2, 0.25) is 0 Å². The van der Waals surface area contributed by atoms with Gasteiger partial charge >= 0.3 is 0 Å². The molecule has 1 fully saturated rings. The smallest absolute Gasteiger partial charge is 0.0996 e. The minimum absolute atomic E-state index is 0.327. The monoisotopic (exact) mass is 238 g/mol. The van der Waals surface area contributed by atoms with Crippen LogP contribution < -0.4 is 5.32 Å². The van der Waals surface area contributed by atoms with Crippen molar-refractivity contribution in [3.63, 3.8) is 0 Å². The molecule has 1 aromatic heterocycles. The lowest BCUT2D eigenvalue weighted by atomic mass is 10.1. The lowest BCUT2D eigenvalue weighted by Crippen LogP contribution is -2.21. The fourth-order valence-electron chi connectivity index (χ4n) is 2.28. The number of aromatic nitrogens is 3. The molecule has 0 saturated carbocycles. The molecule has 0 radical (unpaired) electrons. The fraction of sp³-hybridized carbons (Fsp3) is 0.833. The van der Waals surface area contributed by atoms with Gasteiger partial charge in [0.05, 0.1) is 24.0 Å². The van der Waals surface area contributed by atoms with Gasteiger partial charge in [-0.05, 0) is 25.8 Å². The molecule has 2 heterocycles. The van der Waals surface area contributed by atoms with E-state index in [9.17, 15) is 0 Å². The molecule has 0 amide bonds. The van der Waals surface area contributed by atoms with E-state index >= 15 is 0 Å².